The Morgan fingerprint density at radius 2 is 1.75 bits per heavy atom. The molecule has 4 heteroatoms. The van der Waals surface area contributed by atoms with Crippen molar-refractivity contribution in [2.75, 3.05) is 11.4 Å². The first-order valence-corrected chi connectivity index (χ1v) is 5.62. The topological polar surface area (TPSA) is 37.4 Å². The van der Waals surface area contributed by atoms with Gasteiger partial charge in [0.05, 0.1) is 6.54 Å². The monoisotopic (exact) mass is 235 g/mol. The van der Waals surface area contributed by atoms with Gasteiger partial charge in [0.2, 0.25) is 5.91 Å². The van der Waals surface area contributed by atoms with Crippen LogP contribution < -0.4 is 4.90 Å². The number of amides is 1. The highest BCUT2D eigenvalue weighted by atomic mass is 35.5. The molecule has 3 nitrogen and oxygen atoms in total. The number of carbonyl (C=O) groups is 2. The minimum Gasteiger partial charge on any atom is -0.304 e. The number of rotatable bonds is 1. The molecule has 3 rings (SSSR count). The van der Waals surface area contributed by atoms with Crippen LogP contribution in [0.5, 0.6) is 0 Å². The molecule has 1 amide bonds. The molecule has 0 bridgehead atoms. The van der Waals surface area contributed by atoms with Crippen LogP contribution in [0.15, 0.2) is 24.3 Å². The second kappa shape index (κ2) is 3.08. The maximum absolute atomic E-state index is 12.1. The highest BCUT2D eigenvalue weighted by Crippen LogP contribution is 2.52. The van der Waals surface area contributed by atoms with Crippen LogP contribution in [0.1, 0.15) is 12.8 Å². The predicted molar refractivity (Wildman–Crippen MR) is 60.5 cm³/mol. The SMILES string of the molecule is O=C1CN(c2ccc(Cl)cc2)C(=O)C12CC2. The van der Waals surface area contributed by atoms with Gasteiger partial charge in [-0.15, -0.1) is 0 Å². The summed E-state index contributed by atoms with van der Waals surface area (Å²) in [6.07, 6.45) is 1.43. The molecule has 1 heterocycles. The standard InChI is InChI=1S/C12H10ClNO2/c13-8-1-3-9(4-2-8)14-7-10(15)12(5-6-12)11(14)16/h1-4H,5-7H2. The molecular weight excluding hydrogens is 226 g/mol. The summed E-state index contributed by atoms with van der Waals surface area (Å²) in [5, 5.41) is 0.628. The molecule has 0 N–H and O–H groups in total. The van der Waals surface area contributed by atoms with Gasteiger partial charge in [-0.3, -0.25) is 9.59 Å². The molecule has 82 valence electrons. The smallest absolute Gasteiger partial charge is 0.241 e. The maximum Gasteiger partial charge on any atom is 0.241 e. The largest absolute Gasteiger partial charge is 0.304 e. The van der Waals surface area contributed by atoms with E-state index in [1.807, 2.05) is 0 Å². The highest BCUT2D eigenvalue weighted by Gasteiger charge is 2.62. The molecular formula is C12H10ClNO2. The predicted octanol–water partition coefficient (Wildman–Crippen LogP) is 2.04. The Bertz CT molecular complexity index is 476. The van der Waals surface area contributed by atoms with Crippen molar-refractivity contribution >= 4 is 29.0 Å². The summed E-state index contributed by atoms with van der Waals surface area (Å²) in [7, 11) is 0. The third-order valence-electron chi connectivity index (χ3n) is 3.38. The van der Waals surface area contributed by atoms with Gasteiger partial charge in [0.15, 0.2) is 5.78 Å². The molecule has 1 aliphatic heterocycles. The van der Waals surface area contributed by atoms with E-state index in [4.69, 9.17) is 11.6 Å². The number of halogens is 1. The molecule has 1 spiro atoms. The van der Waals surface area contributed by atoms with Gasteiger partial charge in [-0.1, -0.05) is 11.6 Å². The number of hydrogen-bond acceptors (Lipinski definition) is 2. The zero-order chi connectivity index (χ0) is 11.3. The van der Waals surface area contributed by atoms with Crippen molar-refractivity contribution in [1.29, 1.82) is 0 Å². The van der Waals surface area contributed by atoms with Gasteiger partial charge in [0, 0.05) is 10.7 Å². The summed E-state index contributed by atoms with van der Waals surface area (Å²) in [5.74, 6) is 0.0206. The van der Waals surface area contributed by atoms with Gasteiger partial charge in [0.1, 0.15) is 5.41 Å². The number of nitrogens with zero attached hydrogens (tertiary/aromatic N) is 1. The van der Waals surface area contributed by atoms with Gasteiger partial charge in [-0.2, -0.15) is 0 Å². The van der Waals surface area contributed by atoms with Crippen LogP contribution >= 0.6 is 11.6 Å². The molecule has 16 heavy (non-hydrogen) atoms. The molecule has 0 unspecified atom stereocenters. The van der Waals surface area contributed by atoms with Crippen LogP contribution in [0.3, 0.4) is 0 Å². The summed E-state index contributed by atoms with van der Waals surface area (Å²) in [4.78, 5) is 25.3. The molecule has 0 radical (unpaired) electrons. The zero-order valence-electron chi connectivity index (χ0n) is 8.57. The molecule has 2 fully saturated rings. The van der Waals surface area contributed by atoms with Crippen molar-refractivity contribution in [3.05, 3.63) is 29.3 Å². The van der Waals surface area contributed by atoms with Gasteiger partial charge < -0.3 is 4.90 Å². The molecule has 1 saturated carbocycles. The lowest BCUT2D eigenvalue weighted by Gasteiger charge is -2.15. The fourth-order valence-corrected chi connectivity index (χ4v) is 2.32. The van der Waals surface area contributed by atoms with Crippen LogP contribution in [-0.2, 0) is 9.59 Å². The number of ketones is 1. The van der Waals surface area contributed by atoms with E-state index in [-0.39, 0.29) is 18.2 Å². The lowest BCUT2D eigenvalue weighted by atomic mass is 10.1. The summed E-state index contributed by atoms with van der Waals surface area (Å²) >= 11 is 5.78. The van der Waals surface area contributed by atoms with Crippen molar-refractivity contribution < 1.29 is 9.59 Å². The van der Waals surface area contributed by atoms with E-state index in [1.165, 1.54) is 0 Å². The van der Waals surface area contributed by atoms with Crippen LogP contribution in [-0.4, -0.2) is 18.2 Å². The van der Waals surface area contributed by atoms with Crippen molar-refractivity contribution in [2.24, 2.45) is 5.41 Å². The van der Waals surface area contributed by atoms with E-state index in [1.54, 1.807) is 29.2 Å². The fraction of sp³-hybridized carbons (Fsp3) is 0.333. The minimum absolute atomic E-state index is 0.0418. The van der Waals surface area contributed by atoms with Crippen LogP contribution in [0, 0.1) is 5.41 Å². The van der Waals surface area contributed by atoms with E-state index in [0.29, 0.717) is 5.02 Å². The van der Waals surface area contributed by atoms with E-state index in [0.717, 1.165) is 18.5 Å². The first-order valence-electron chi connectivity index (χ1n) is 5.24. The Morgan fingerprint density at radius 1 is 1.12 bits per heavy atom. The molecule has 2 aliphatic rings. The Hall–Kier alpha value is -1.35. The number of hydrogen-bond donors (Lipinski definition) is 0. The van der Waals surface area contributed by atoms with Crippen molar-refractivity contribution in [3.8, 4) is 0 Å². The third-order valence-corrected chi connectivity index (χ3v) is 3.63. The molecule has 1 aromatic carbocycles. The van der Waals surface area contributed by atoms with Crippen molar-refractivity contribution in [3.63, 3.8) is 0 Å². The van der Waals surface area contributed by atoms with E-state index in [9.17, 15) is 9.59 Å². The first-order chi connectivity index (χ1) is 7.63. The van der Waals surface area contributed by atoms with Gasteiger partial charge in [-0.05, 0) is 37.1 Å². The van der Waals surface area contributed by atoms with Crippen LogP contribution in [0.2, 0.25) is 5.02 Å². The zero-order valence-corrected chi connectivity index (χ0v) is 9.33. The quantitative estimate of drug-likeness (QED) is 0.699. The second-order valence-corrected chi connectivity index (χ2v) is 4.81. The molecule has 0 atom stereocenters. The first kappa shape index (κ1) is 9.85. The lowest BCUT2D eigenvalue weighted by molar-refractivity contribution is -0.128. The van der Waals surface area contributed by atoms with E-state index < -0.39 is 5.41 Å². The molecule has 0 aromatic heterocycles. The summed E-state index contributed by atoms with van der Waals surface area (Å²) in [6, 6.07) is 7.00. The molecule has 1 aliphatic carbocycles. The van der Waals surface area contributed by atoms with Crippen LogP contribution in [0.4, 0.5) is 5.69 Å². The molecule has 1 saturated heterocycles. The van der Waals surface area contributed by atoms with Crippen molar-refractivity contribution in [1.82, 2.24) is 0 Å². The second-order valence-electron chi connectivity index (χ2n) is 4.37. The number of carbonyl (C=O) groups excluding carboxylic acids is 2. The Morgan fingerprint density at radius 3 is 2.25 bits per heavy atom. The summed E-state index contributed by atoms with van der Waals surface area (Å²) < 4.78 is 0. The highest BCUT2D eigenvalue weighted by molar-refractivity contribution is 6.30. The lowest BCUT2D eigenvalue weighted by Crippen LogP contribution is -2.27. The van der Waals surface area contributed by atoms with E-state index >= 15 is 0 Å². The Kier molecular flexibility index (Phi) is 1.89. The third kappa shape index (κ3) is 1.21. The minimum atomic E-state index is -0.653. The summed E-state index contributed by atoms with van der Waals surface area (Å²) in [6.45, 7) is 0.209. The number of Topliss-reactive ketones (excluding diaryl/α,β-unsaturated/α-hetero) is 1. The summed E-state index contributed by atoms with van der Waals surface area (Å²) in [5.41, 5.74) is 0.103. The van der Waals surface area contributed by atoms with Gasteiger partial charge >= 0.3 is 0 Å². The Balaban J connectivity index is 1.95. The van der Waals surface area contributed by atoms with Gasteiger partial charge in [0.25, 0.3) is 0 Å². The van der Waals surface area contributed by atoms with Crippen LogP contribution in [0.25, 0.3) is 0 Å². The molecule has 1 aromatic rings. The number of benzene rings is 1. The average molecular weight is 236 g/mol. The number of anilines is 1. The van der Waals surface area contributed by atoms with E-state index in [2.05, 4.69) is 0 Å². The normalized spacial score (nSPS) is 21.9. The van der Waals surface area contributed by atoms with Gasteiger partial charge in [-0.25, -0.2) is 0 Å². The average Bonchev–Trinajstić information content (AvgIpc) is 3.03. The fourth-order valence-electron chi connectivity index (χ4n) is 2.19. The van der Waals surface area contributed by atoms with Crippen molar-refractivity contribution in [2.45, 2.75) is 12.8 Å². The Labute approximate surface area is 98.0 Å². The maximum atomic E-state index is 12.1.